The number of pyridine rings is 2. The van der Waals surface area contributed by atoms with Crippen molar-refractivity contribution in [3.05, 3.63) is 36.8 Å². The van der Waals surface area contributed by atoms with Crippen molar-refractivity contribution in [3.63, 3.8) is 0 Å². The molecule has 0 aromatic carbocycles. The van der Waals surface area contributed by atoms with E-state index in [1.54, 1.807) is 23.1 Å². The number of anilines is 1. The highest BCUT2D eigenvalue weighted by Gasteiger charge is 2.25. The number of aromatic nitrogens is 5. The van der Waals surface area contributed by atoms with Crippen molar-refractivity contribution in [2.45, 2.75) is 18.6 Å². The maximum Gasteiger partial charge on any atom is 0.178 e. The van der Waals surface area contributed by atoms with Crippen molar-refractivity contribution in [1.29, 1.82) is 0 Å². The first kappa shape index (κ1) is 21.3. The van der Waals surface area contributed by atoms with E-state index in [2.05, 4.69) is 20.3 Å². The first-order valence-corrected chi connectivity index (χ1v) is 9.83. The molecule has 0 bridgehead atoms. The van der Waals surface area contributed by atoms with Crippen molar-refractivity contribution < 1.29 is 14.2 Å². The summed E-state index contributed by atoms with van der Waals surface area (Å²) in [5, 5.41) is 22.4. The van der Waals surface area contributed by atoms with Crippen LogP contribution in [0.3, 0.4) is 0 Å². The van der Waals surface area contributed by atoms with Gasteiger partial charge in [0.05, 0.1) is 29.4 Å². The zero-order chi connectivity index (χ0) is 20.7. The Morgan fingerprint density at radius 1 is 1.32 bits per heavy atom. The van der Waals surface area contributed by atoms with E-state index in [1.165, 1.54) is 0 Å². The third-order valence-electron chi connectivity index (χ3n) is 5.47. The summed E-state index contributed by atoms with van der Waals surface area (Å²) in [4.78, 5) is 6.64. The van der Waals surface area contributed by atoms with Gasteiger partial charge in [-0.1, -0.05) is 0 Å². The number of rotatable bonds is 5. The Labute approximate surface area is 183 Å². The molecule has 0 saturated carbocycles. The van der Waals surface area contributed by atoms with Crippen molar-refractivity contribution in [2.24, 2.45) is 5.73 Å². The van der Waals surface area contributed by atoms with Crippen LogP contribution < -0.4 is 15.4 Å². The number of aliphatic hydroxyl groups excluding tert-OH is 1. The van der Waals surface area contributed by atoms with Gasteiger partial charge in [0, 0.05) is 36.5 Å². The van der Waals surface area contributed by atoms with Crippen LogP contribution in [0.15, 0.2) is 36.8 Å². The lowest BCUT2D eigenvalue weighted by Gasteiger charge is -2.34. The standard InChI is InChI=1S/C20H22FN7O2.ClH/c21-4-6-30-13-7-14(19-15-9-24-25-20(15)26-28(19)10-13)12-1-2-18(23-8-12)27-5-3-16(22)17(29)11-27;/h1-2,7-10,16-17,29H,3-6,11,22H2,(H,25,26);1H/t16-,17+;/m0./s1. The summed E-state index contributed by atoms with van der Waals surface area (Å²) < 4.78 is 19.8. The Balaban J connectivity index is 0.00000231. The highest BCUT2D eigenvalue weighted by molar-refractivity contribution is 6.00. The number of nitrogens with zero attached hydrogens (tertiary/aromatic N) is 5. The van der Waals surface area contributed by atoms with Crippen LogP contribution in [0.25, 0.3) is 27.7 Å². The van der Waals surface area contributed by atoms with E-state index in [-0.39, 0.29) is 25.1 Å². The molecule has 0 aliphatic carbocycles. The Kier molecular flexibility index (Phi) is 5.94. The molecule has 4 aromatic heterocycles. The third kappa shape index (κ3) is 3.89. The van der Waals surface area contributed by atoms with Crippen LogP contribution in [0.2, 0.25) is 0 Å². The van der Waals surface area contributed by atoms with Gasteiger partial charge < -0.3 is 20.5 Å². The summed E-state index contributed by atoms with van der Waals surface area (Å²) in [5.41, 5.74) is 9.14. The van der Waals surface area contributed by atoms with E-state index in [4.69, 9.17) is 10.5 Å². The molecule has 9 nitrogen and oxygen atoms in total. The van der Waals surface area contributed by atoms with Crippen LogP contribution in [0, 0.1) is 0 Å². The first-order valence-electron chi connectivity index (χ1n) is 9.83. The lowest BCUT2D eigenvalue weighted by molar-refractivity contribution is 0.131. The fourth-order valence-corrected chi connectivity index (χ4v) is 3.89. The summed E-state index contributed by atoms with van der Waals surface area (Å²) >= 11 is 0. The topological polar surface area (TPSA) is 118 Å². The molecule has 4 aromatic rings. The van der Waals surface area contributed by atoms with E-state index in [1.807, 2.05) is 23.1 Å². The van der Waals surface area contributed by atoms with Crippen molar-refractivity contribution in [2.75, 3.05) is 31.3 Å². The zero-order valence-corrected chi connectivity index (χ0v) is 17.4. The fraction of sp³-hybridized carbons (Fsp3) is 0.350. The number of hydrogen-bond acceptors (Lipinski definition) is 7. The molecule has 31 heavy (non-hydrogen) atoms. The summed E-state index contributed by atoms with van der Waals surface area (Å²) in [6.07, 6.45) is 5.38. The fourth-order valence-electron chi connectivity index (χ4n) is 3.89. The maximum absolute atomic E-state index is 12.6. The highest BCUT2D eigenvalue weighted by atomic mass is 35.5. The molecule has 1 aliphatic rings. The molecule has 0 unspecified atom stereocenters. The Bertz CT molecular complexity index is 1180. The average molecular weight is 448 g/mol. The lowest BCUT2D eigenvalue weighted by Crippen LogP contribution is -2.50. The highest BCUT2D eigenvalue weighted by Crippen LogP contribution is 2.33. The number of nitrogens with two attached hydrogens (primary N) is 1. The number of nitrogens with one attached hydrogen (secondary N) is 1. The summed E-state index contributed by atoms with van der Waals surface area (Å²) in [5.74, 6) is 1.30. The van der Waals surface area contributed by atoms with Crippen LogP contribution in [0.1, 0.15) is 6.42 Å². The minimum absolute atomic E-state index is 0. The monoisotopic (exact) mass is 447 g/mol. The molecule has 5 heterocycles. The normalized spacial score (nSPS) is 19.0. The average Bonchev–Trinajstić information content (AvgIpc) is 3.35. The molecular weight excluding hydrogens is 425 g/mol. The van der Waals surface area contributed by atoms with Crippen molar-refractivity contribution in [3.8, 4) is 16.9 Å². The minimum Gasteiger partial charge on any atom is -0.489 e. The van der Waals surface area contributed by atoms with Gasteiger partial charge in [-0.3, -0.25) is 5.10 Å². The van der Waals surface area contributed by atoms with Crippen molar-refractivity contribution in [1.82, 2.24) is 24.8 Å². The summed E-state index contributed by atoms with van der Waals surface area (Å²) in [7, 11) is 0. The molecule has 164 valence electrons. The number of hydrogen-bond donors (Lipinski definition) is 3. The van der Waals surface area contributed by atoms with Gasteiger partial charge in [-0.25, -0.2) is 13.9 Å². The number of aromatic amines is 1. The number of halogens is 2. The van der Waals surface area contributed by atoms with Gasteiger partial charge in [0.1, 0.15) is 24.8 Å². The molecule has 1 saturated heterocycles. The van der Waals surface area contributed by atoms with E-state index >= 15 is 0 Å². The number of alkyl halides is 1. The largest absolute Gasteiger partial charge is 0.489 e. The van der Waals surface area contributed by atoms with Gasteiger partial charge >= 0.3 is 0 Å². The van der Waals surface area contributed by atoms with Gasteiger partial charge in [-0.15, -0.1) is 17.5 Å². The quantitative estimate of drug-likeness (QED) is 0.428. The molecule has 1 aliphatic heterocycles. The molecule has 4 N–H and O–H groups in total. The van der Waals surface area contributed by atoms with E-state index in [0.717, 1.165) is 34.4 Å². The predicted molar refractivity (Wildman–Crippen MR) is 118 cm³/mol. The van der Waals surface area contributed by atoms with Gasteiger partial charge in [0.25, 0.3) is 0 Å². The Morgan fingerprint density at radius 2 is 2.19 bits per heavy atom. The molecular formula is C20H23ClFN7O2. The lowest BCUT2D eigenvalue weighted by atomic mass is 10.0. The molecule has 11 heteroatoms. The van der Waals surface area contributed by atoms with Gasteiger partial charge in [0.15, 0.2) is 5.65 Å². The van der Waals surface area contributed by atoms with Crippen LogP contribution in [0.4, 0.5) is 10.2 Å². The second kappa shape index (κ2) is 8.66. The van der Waals surface area contributed by atoms with Gasteiger partial charge in [0.2, 0.25) is 0 Å². The van der Waals surface area contributed by atoms with Crippen LogP contribution in [-0.2, 0) is 0 Å². The van der Waals surface area contributed by atoms with Crippen LogP contribution in [-0.4, -0.2) is 68.4 Å². The van der Waals surface area contributed by atoms with Gasteiger partial charge in [-0.05, 0) is 24.6 Å². The number of ether oxygens (including phenoxy) is 1. The Hall–Kier alpha value is -2.95. The second-order valence-electron chi connectivity index (χ2n) is 7.42. The molecule has 2 atom stereocenters. The maximum atomic E-state index is 12.6. The number of β-amino-alcohol motifs (C(OH)–C–C–N with tert-alkyl or cyclic N) is 1. The molecule has 0 amide bonds. The number of fused-ring (bicyclic) bond motifs is 3. The first-order chi connectivity index (χ1) is 14.6. The Morgan fingerprint density at radius 3 is 2.94 bits per heavy atom. The number of H-pyrrole nitrogens is 1. The molecule has 0 spiro atoms. The van der Waals surface area contributed by atoms with E-state index in [9.17, 15) is 9.50 Å². The second-order valence-corrected chi connectivity index (χ2v) is 7.42. The summed E-state index contributed by atoms with van der Waals surface area (Å²) in [6.45, 7) is 0.614. The van der Waals surface area contributed by atoms with Crippen LogP contribution >= 0.6 is 12.4 Å². The van der Waals surface area contributed by atoms with Crippen molar-refractivity contribution >= 4 is 34.8 Å². The molecule has 1 fully saturated rings. The minimum atomic E-state index is -0.571. The summed E-state index contributed by atoms with van der Waals surface area (Å²) in [6, 6.07) is 5.56. The number of piperidine rings is 1. The smallest absolute Gasteiger partial charge is 0.178 e. The predicted octanol–water partition coefficient (Wildman–Crippen LogP) is 1.94. The third-order valence-corrected chi connectivity index (χ3v) is 5.47. The van der Waals surface area contributed by atoms with E-state index in [0.29, 0.717) is 24.4 Å². The zero-order valence-electron chi connectivity index (χ0n) is 16.6. The molecule has 0 radical (unpaired) electrons. The SMILES string of the molecule is Cl.N[C@H]1CCN(c2ccc(-c3cc(OCCF)cn4nc5[nH]ncc5c34)cn2)C[C@H]1O. The number of aliphatic hydroxyl groups is 1. The van der Waals surface area contributed by atoms with E-state index < -0.39 is 12.8 Å². The van der Waals surface area contributed by atoms with Gasteiger partial charge in [-0.2, -0.15) is 5.10 Å². The van der Waals surface area contributed by atoms with Crippen LogP contribution in [0.5, 0.6) is 5.75 Å². The molecule has 5 rings (SSSR count).